The van der Waals surface area contributed by atoms with Crippen LogP contribution in [0.1, 0.15) is 12.0 Å². The van der Waals surface area contributed by atoms with Crippen LogP contribution in [0.15, 0.2) is 52.7 Å². The Morgan fingerprint density at radius 3 is 2.62 bits per heavy atom. The van der Waals surface area contributed by atoms with E-state index in [9.17, 15) is 4.79 Å². The number of benzene rings is 2. The first-order chi connectivity index (χ1) is 10.0. The number of carbonyl (C=O) groups is 1. The predicted octanol–water partition coefficient (Wildman–Crippen LogP) is 3.28. The minimum absolute atomic E-state index is 0.0888. The molecule has 108 valence electrons. The highest BCUT2D eigenvalue weighted by atomic mass is 16.4. The van der Waals surface area contributed by atoms with Gasteiger partial charge in [0.2, 0.25) is 0 Å². The summed E-state index contributed by atoms with van der Waals surface area (Å²) in [7, 11) is 0. The van der Waals surface area contributed by atoms with E-state index in [4.69, 9.17) is 16.6 Å². The first kappa shape index (κ1) is 14.5. The number of aliphatic carboxylic acids is 1. The van der Waals surface area contributed by atoms with Crippen LogP contribution >= 0.6 is 0 Å². The second-order valence-electron chi connectivity index (χ2n) is 4.58. The van der Waals surface area contributed by atoms with Gasteiger partial charge in [0.25, 0.3) is 0 Å². The molecule has 0 unspecified atom stereocenters. The van der Waals surface area contributed by atoms with E-state index in [0.717, 1.165) is 5.56 Å². The van der Waals surface area contributed by atoms with Crippen LogP contribution in [0.3, 0.4) is 0 Å². The summed E-state index contributed by atoms with van der Waals surface area (Å²) in [6.45, 7) is 0. The van der Waals surface area contributed by atoms with Crippen LogP contribution in [0.25, 0.3) is 0 Å². The van der Waals surface area contributed by atoms with Crippen LogP contribution in [0.2, 0.25) is 0 Å². The molecule has 0 aliphatic rings. The van der Waals surface area contributed by atoms with Crippen molar-refractivity contribution in [2.45, 2.75) is 12.8 Å². The Labute approximate surface area is 122 Å². The standard InChI is InChI=1S/C15H16N4O2/c16-11-5-6-14(13(17)9-11)19-18-12-3-1-2-10(8-12)4-7-15(20)21/h1-3,5-6,8-9H,4,7,16-17H2,(H,20,21). The van der Waals surface area contributed by atoms with Gasteiger partial charge in [0.05, 0.1) is 11.4 Å². The third-order valence-electron chi connectivity index (χ3n) is 2.86. The van der Waals surface area contributed by atoms with Crippen molar-refractivity contribution in [1.82, 2.24) is 0 Å². The minimum Gasteiger partial charge on any atom is -0.481 e. The normalized spacial score (nSPS) is 10.9. The smallest absolute Gasteiger partial charge is 0.303 e. The zero-order chi connectivity index (χ0) is 15.2. The maximum absolute atomic E-state index is 10.6. The van der Waals surface area contributed by atoms with E-state index >= 15 is 0 Å². The van der Waals surface area contributed by atoms with Gasteiger partial charge >= 0.3 is 5.97 Å². The molecule has 0 spiro atoms. The molecule has 0 saturated heterocycles. The lowest BCUT2D eigenvalue weighted by Gasteiger charge is -2.01. The molecule has 2 aromatic rings. The lowest BCUT2D eigenvalue weighted by molar-refractivity contribution is -0.136. The lowest BCUT2D eigenvalue weighted by Crippen LogP contribution is -1.96. The Morgan fingerprint density at radius 2 is 1.90 bits per heavy atom. The fourth-order valence-corrected chi connectivity index (χ4v) is 1.80. The molecule has 0 aliphatic carbocycles. The topological polar surface area (TPSA) is 114 Å². The highest BCUT2D eigenvalue weighted by Gasteiger charge is 2.01. The van der Waals surface area contributed by atoms with Gasteiger partial charge in [0.15, 0.2) is 0 Å². The first-order valence-electron chi connectivity index (χ1n) is 6.42. The number of nitrogens with zero attached hydrogens (tertiary/aromatic N) is 2. The molecular formula is C15H16N4O2. The number of azo groups is 1. The molecular weight excluding hydrogens is 268 g/mol. The Kier molecular flexibility index (Phi) is 4.50. The van der Waals surface area contributed by atoms with Crippen molar-refractivity contribution < 1.29 is 9.90 Å². The monoisotopic (exact) mass is 284 g/mol. The van der Waals surface area contributed by atoms with E-state index in [-0.39, 0.29) is 6.42 Å². The van der Waals surface area contributed by atoms with Gasteiger partial charge in [0, 0.05) is 12.1 Å². The third-order valence-corrected chi connectivity index (χ3v) is 2.86. The molecule has 0 heterocycles. The highest BCUT2D eigenvalue weighted by molar-refractivity contribution is 5.68. The van der Waals surface area contributed by atoms with Gasteiger partial charge in [-0.2, -0.15) is 5.11 Å². The summed E-state index contributed by atoms with van der Waals surface area (Å²) in [5.41, 5.74) is 14.5. The number of nitrogens with two attached hydrogens (primary N) is 2. The van der Waals surface area contributed by atoms with Gasteiger partial charge in [-0.05, 0) is 42.3 Å². The second kappa shape index (κ2) is 6.51. The maximum Gasteiger partial charge on any atom is 0.303 e. The number of aryl methyl sites for hydroxylation is 1. The van der Waals surface area contributed by atoms with Gasteiger partial charge in [-0.1, -0.05) is 12.1 Å². The number of nitrogen functional groups attached to an aromatic ring is 2. The number of hydrogen-bond donors (Lipinski definition) is 3. The van der Waals surface area contributed by atoms with Crippen molar-refractivity contribution in [3.63, 3.8) is 0 Å². The molecule has 0 aliphatic heterocycles. The number of hydrogen-bond acceptors (Lipinski definition) is 5. The summed E-state index contributed by atoms with van der Waals surface area (Å²) in [5.74, 6) is -0.823. The quantitative estimate of drug-likeness (QED) is 0.577. The van der Waals surface area contributed by atoms with Gasteiger partial charge in [0.1, 0.15) is 5.69 Å². The van der Waals surface area contributed by atoms with E-state index < -0.39 is 5.97 Å². The summed E-state index contributed by atoms with van der Waals surface area (Å²) >= 11 is 0. The van der Waals surface area contributed by atoms with Crippen molar-refractivity contribution in [2.24, 2.45) is 10.2 Å². The molecule has 2 aromatic carbocycles. The number of carboxylic acid groups (broad SMARTS) is 1. The average molecular weight is 284 g/mol. The first-order valence-corrected chi connectivity index (χ1v) is 6.42. The molecule has 0 bridgehead atoms. The molecule has 5 N–H and O–H groups in total. The molecule has 0 fully saturated rings. The molecule has 6 nitrogen and oxygen atoms in total. The Hall–Kier alpha value is -2.89. The lowest BCUT2D eigenvalue weighted by atomic mass is 10.1. The SMILES string of the molecule is Nc1ccc(N=Nc2cccc(CCC(=O)O)c2)c(N)c1. The summed E-state index contributed by atoms with van der Waals surface area (Å²) in [5, 5.41) is 16.9. The van der Waals surface area contributed by atoms with Crippen LogP contribution in [0, 0.1) is 0 Å². The van der Waals surface area contributed by atoms with Crippen LogP contribution < -0.4 is 11.5 Å². The van der Waals surface area contributed by atoms with Crippen molar-refractivity contribution >= 4 is 28.7 Å². The number of anilines is 2. The maximum atomic E-state index is 10.6. The van der Waals surface area contributed by atoms with E-state index in [1.165, 1.54) is 0 Å². The largest absolute Gasteiger partial charge is 0.481 e. The van der Waals surface area contributed by atoms with Crippen LogP contribution in [-0.2, 0) is 11.2 Å². The van der Waals surface area contributed by atoms with Crippen LogP contribution in [0.4, 0.5) is 22.7 Å². The molecule has 0 amide bonds. The fourth-order valence-electron chi connectivity index (χ4n) is 1.80. The molecule has 0 radical (unpaired) electrons. The Morgan fingerprint density at radius 1 is 1.10 bits per heavy atom. The Balaban J connectivity index is 2.13. The third kappa shape index (κ3) is 4.31. The van der Waals surface area contributed by atoms with Crippen molar-refractivity contribution in [3.8, 4) is 0 Å². The van der Waals surface area contributed by atoms with E-state index in [1.807, 2.05) is 12.1 Å². The fraction of sp³-hybridized carbons (Fsp3) is 0.133. The molecule has 0 atom stereocenters. The molecule has 21 heavy (non-hydrogen) atoms. The zero-order valence-corrected chi connectivity index (χ0v) is 11.4. The van der Waals surface area contributed by atoms with Crippen LogP contribution in [0.5, 0.6) is 0 Å². The molecule has 0 aromatic heterocycles. The van der Waals surface area contributed by atoms with Crippen molar-refractivity contribution in [3.05, 3.63) is 48.0 Å². The van der Waals surface area contributed by atoms with Gasteiger partial charge in [-0.25, -0.2) is 0 Å². The zero-order valence-electron chi connectivity index (χ0n) is 11.4. The number of rotatable bonds is 5. The van der Waals surface area contributed by atoms with Gasteiger partial charge < -0.3 is 16.6 Å². The number of carboxylic acids is 1. The Bertz CT molecular complexity index is 683. The minimum atomic E-state index is -0.823. The predicted molar refractivity (Wildman–Crippen MR) is 81.8 cm³/mol. The average Bonchev–Trinajstić information content (AvgIpc) is 2.45. The molecule has 6 heteroatoms. The van der Waals surface area contributed by atoms with Crippen molar-refractivity contribution in [1.29, 1.82) is 0 Å². The van der Waals surface area contributed by atoms with E-state index in [2.05, 4.69) is 10.2 Å². The summed E-state index contributed by atoms with van der Waals surface area (Å²) < 4.78 is 0. The van der Waals surface area contributed by atoms with E-state index in [1.54, 1.807) is 30.3 Å². The van der Waals surface area contributed by atoms with Crippen LogP contribution in [-0.4, -0.2) is 11.1 Å². The van der Waals surface area contributed by atoms with Gasteiger partial charge in [-0.3, -0.25) is 4.79 Å². The van der Waals surface area contributed by atoms with Crippen molar-refractivity contribution in [2.75, 3.05) is 11.5 Å². The molecule has 0 saturated carbocycles. The summed E-state index contributed by atoms with van der Waals surface area (Å²) in [4.78, 5) is 10.6. The van der Waals surface area contributed by atoms with E-state index in [0.29, 0.717) is 29.2 Å². The summed E-state index contributed by atoms with van der Waals surface area (Å²) in [6, 6.07) is 12.3. The second-order valence-corrected chi connectivity index (χ2v) is 4.58. The van der Waals surface area contributed by atoms with Gasteiger partial charge in [-0.15, -0.1) is 5.11 Å². The molecule has 2 rings (SSSR count). The highest BCUT2D eigenvalue weighted by Crippen LogP contribution is 2.26. The summed E-state index contributed by atoms with van der Waals surface area (Å²) in [6.07, 6.45) is 0.550.